The summed E-state index contributed by atoms with van der Waals surface area (Å²) >= 11 is 0. The minimum Gasteiger partial charge on any atom is -0.481 e. The summed E-state index contributed by atoms with van der Waals surface area (Å²) in [5.41, 5.74) is -0.777. The van der Waals surface area contributed by atoms with Gasteiger partial charge in [0.25, 0.3) is 0 Å². The first kappa shape index (κ1) is 15.0. The fourth-order valence-electron chi connectivity index (χ4n) is 0.731. The van der Waals surface area contributed by atoms with Crippen LogP contribution < -0.4 is 0 Å². The molecule has 0 bridgehead atoms. The van der Waals surface area contributed by atoms with Crippen molar-refractivity contribution in [2.45, 2.75) is 54.9 Å². The number of rotatable bonds is 3. The summed E-state index contributed by atoms with van der Waals surface area (Å²) in [6.07, 6.45) is 0.881. The van der Waals surface area contributed by atoms with E-state index in [0.29, 0.717) is 0 Å². The molecule has 0 aromatic rings. The second-order valence-electron chi connectivity index (χ2n) is 4.17. The predicted octanol–water partition coefficient (Wildman–Crippen LogP) is 3.56. The lowest BCUT2D eigenvalue weighted by Crippen LogP contribution is -2.39. The van der Waals surface area contributed by atoms with Crippen molar-refractivity contribution in [3.8, 4) is 0 Å². The molecular formula is C11H24O2. The topological polar surface area (TPSA) is 37.3 Å². The Morgan fingerprint density at radius 2 is 1.46 bits per heavy atom. The van der Waals surface area contributed by atoms with E-state index in [1.165, 1.54) is 0 Å². The number of aliphatic carboxylic acids is 1. The van der Waals surface area contributed by atoms with Crippen molar-refractivity contribution < 1.29 is 9.90 Å². The zero-order valence-corrected chi connectivity index (χ0v) is 10.1. The highest BCUT2D eigenvalue weighted by Crippen LogP contribution is 2.41. The monoisotopic (exact) mass is 188 g/mol. The third kappa shape index (κ3) is 3.37. The van der Waals surface area contributed by atoms with Gasteiger partial charge in [-0.25, -0.2) is 0 Å². The van der Waals surface area contributed by atoms with Crippen LogP contribution in [0.15, 0.2) is 0 Å². The molecule has 0 spiro atoms. The van der Waals surface area contributed by atoms with Gasteiger partial charge in [0.1, 0.15) is 0 Å². The quantitative estimate of drug-likeness (QED) is 0.735. The molecule has 0 radical (unpaired) electrons. The minimum absolute atomic E-state index is 0.140. The predicted molar refractivity (Wildman–Crippen MR) is 56.8 cm³/mol. The molecule has 0 saturated heterocycles. The molecule has 0 saturated carbocycles. The van der Waals surface area contributed by atoms with E-state index in [2.05, 4.69) is 0 Å². The molecule has 0 atom stereocenters. The van der Waals surface area contributed by atoms with E-state index in [1.54, 1.807) is 13.8 Å². The van der Waals surface area contributed by atoms with E-state index in [0.717, 1.165) is 6.42 Å². The lowest BCUT2D eigenvalue weighted by Gasteiger charge is -2.37. The number of hydrogen-bond donors (Lipinski definition) is 1. The van der Waals surface area contributed by atoms with Gasteiger partial charge >= 0.3 is 5.97 Å². The van der Waals surface area contributed by atoms with Gasteiger partial charge in [0, 0.05) is 0 Å². The molecule has 0 heterocycles. The summed E-state index contributed by atoms with van der Waals surface area (Å²) < 4.78 is 0. The van der Waals surface area contributed by atoms with Crippen LogP contribution in [-0.2, 0) is 4.79 Å². The molecule has 13 heavy (non-hydrogen) atoms. The van der Waals surface area contributed by atoms with Crippen LogP contribution in [0.4, 0.5) is 0 Å². The molecule has 0 aromatic heterocycles. The first-order valence-electron chi connectivity index (χ1n) is 4.99. The van der Waals surface area contributed by atoms with Crippen molar-refractivity contribution in [2.75, 3.05) is 0 Å². The van der Waals surface area contributed by atoms with Gasteiger partial charge in [-0.3, -0.25) is 4.79 Å². The van der Waals surface area contributed by atoms with Gasteiger partial charge in [0.2, 0.25) is 0 Å². The Morgan fingerprint density at radius 1 is 1.15 bits per heavy atom. The number of carbonyl (C=O) groups is 1. The Labute approximate surface area is 82.4 Å². The second kappa shape index (κ2) is 5.25. The van der Waals surface area contributed by atoms with Crippen molar-refractivity contribution in [2.24, 2.45) is 10.8 Å². The highest BCUT2D eigenvalue weighted by atomic mass is 16.4. The first-order valence-corrected chi connectivity index (χ1v) is 4.99. The van der Waals surface area contributed by atoms with E-state index < -0.39 is 11.4 Å². The number of carboxylic acid groups (broad SMARTS) is 1. The molecule has 0 aliphatic carbocycles. The average molecular weight is 188 g/mol. The van der Waals surface area contributed by atoms with E-state index in [4.69, 9.17) is 5.11 Å². The zero-order valence-electron chi connectivity index (χ0n) is 10.1. The Morgan fingerprint density at radius 3 is 1.54 bits per heavy atom. The van der Waals surface area contributed by atoms with E-state index in [1.807, 2.05) is 34.6 Å². The van der Waals surface area contributed by atoms with Gasteiger partial charge in [0.15, 0.2) is 0 Å². The smallest absolute Gasteiger partial charge is 0.309 e. The van der Waals surface area contributed by atoms with Gasteiger partial charge in [-0.05, 0) is 25.7 Å². The maximum absolute atomic E-state index is 10.8. The van der Waals surface area contributed by atoms with E-state index in [9.17, 15) is 4.79 Å². The SMILES string of the molecule is CC.CCC(C)(C)C(C)(C)C(=O)O. The molecule has 80 valence electrons. The second-order valence-corrected chi connectivity index (χ2v) is 4.17. The summed E-state index contributed by atoms with van der Waals surface area (Å²) in [5.74, 6) is -0.718. The Kier molecular flexibility index (Phi) is 6.05. The average Bonchev–Trinajstić information content (AvgIpc) is 2.07. The van der Waals surface area contributed by atoms with Crippen LogP contribution in [0.3, 0.4) is 0 Å². The highest BCUT2D eigenvalue weighted by Gasteiger charge is 2.41. The molecule has 0 amide bonds. The van der Waals surface area contributed by atoms with Gasteiger partial charge < -0.3 is 5.11 Å². The standard InChI is InChI=1S/C9H18O2.C2H6/c1-6-8(2,3)9(4,5)7(10)11;1-2/h6H2,1-5H3,(H,10,11);1-2H3. The van der Waals surface area contributed by atoms with E-state index >= 15 is 0 Å². The summed E-state index contributed by atoms with van der Waals surface area (Å²) in [6, 6.07) is 0. The van der Waals surface area contributed by atoms with Crippen LogP contribution in [0.2, 0.25) is 0 Å². The molecule has 0 rings (SSSR count). The molecule has 0 aliphatic rings. The lowest BCUT2D eigenvalue weighted by atomic mass is 9.66. The summed E-state index contributed by atoms with van der Waals surface area (Å²) in [4.78, 5) is 10.8. The normalized spacial score (nSPS) is 11.6. The molecular weight excluding hydrogens is 164 g/mol. The third-order valence-electron chi connectivity index (χ3n) is 3.11. The maximum Gasteiger partial charge on any atom is 0.309 e. The Balaban J connectivity index is 0. The van der Waals surface area contributed by atoms with Crippen LogP contribution in [0.25, 0.3) is 0 Å². The summed E-state index contributed by atoms with van der Waals surface area (Å²) in [6.45, 7) is 13.5. The zero-order chi connectivity index (χ0) is 11.3. The van der Waals surface area contributed by atoms with Crippen LogP contribution in [0.1, 0.15) is 54.9 Å². The van der Waals surface area contributed by atoms with Crippen LogP contribution in [0, 0.1) is 10.8 Å². The summed E-state index contributed by atoms with van der Waals surface area (Å²) in [5, 5.41) is 8.91. The summed E-state index contributed by atoms with van der Waals surface area (Å²) in [7, 11) is 0. The third-order valence-corrected chi connectivity index (χ3v) is 3.11. The Hall–Kier alpha value is -0.530. The van der Waals surface area contributed by atoms with Crippen molar-refractivity contribution in [1.82, 2.24) is 0 Å². The lowest BCUT2D eigenvalue weighted by molar-refractivity contribution is -0.154. The molecule has 0 unspecified atom stereocenters. The number of hydrogen-bond acceptors (Lipinski definition) is 1. The molecule has 2 heteroatoms. The van der Waals surface area contributed by atoms with Crippen molar-refractivity contribution in [3.05, 3.63) is 0 Å². The maximum atomic E-state index is 10.8. The van der Waals surface area contributed by atoms with Gasteiger partial charge in [0.05, 0.1) is 5.41 Å². The fourth-order valence-corrected chi connectivity index (χ4v) is 0.731. The number of carboxylic acids is 1. The first-order chi connectivity index (χ1) is 5.75. The van der Waals surface area contributed by atoms with Crippen molar-refractivity contribution in [3.63, 3.8) is 0 Å². The molecule has 0 fully saturated rings. The van der Waals surface area contributed by atoms with Gasteiger partial charge in [-0.2, -0.15) is 0 Å². The fraction of sp³-hybridized carbons (Fsp3) is 0.909. The minimum atomic E-state index is -0.718. The van der Waals surface area contributed by atoms with Crippen molar-refractivity contribution in [1.29, 1.82) is 0 Å². The molecule has 2 nitrogen and oxygen atoms in total. The van der Waals surface area contributed by atoms with E-state index in [-0.39, 0.29) is 5.41 Å². The van der Waals surface area contributed by atoms with Gasteiger partial charge in [-0.1, -0.05) is 34.6 Å². The van der Waals surface area contributed by atoms with Crippen molar-refractivity contribution >= 4 is 5.97 Å². The molecule has 0 aromatic carbocycles. The molecule has 1 N–H and O–H groups in total. The molecule has 0 aliphatic heterocycles. The van der Waals surface area contributed by atoms with Crippen LogP contribution >= 0.6 is 0 Å². The van der Waals surface area contributed by atoms with Crippen LogP contribution in [0.5, 0.6) is 0 Å². The Bertz CT molecular complexity index is 157. The van der Waals surface area contributed by atoms with Gasteiger partial charge in [-0.15, -0.1) is 0 Å². The van der Waals surface area contributed by atoms with Crippen LogP contribution in [-0.4, -0.2) is 11.1 Å². The highest BCUT2D eigenvalue weighted by molar-refractivity contribution is 5.74. The largest absolute Gasteiger partial charge is 0.481 e.